The summed E-state index contributed by atoms with van der Waals surface area (Å²) in [6.45, 7) is 12.6. The van der Waals surface area contributed by atoms with Crippen LogP contribution in [0.1, 0.15) is 43.9 Å². The van der Waals surface area contributed by atoms with Gasteiger partial charge in [-0.1, -0.05) is 6.92 Å². The van der Waals surface area contributed by atoms with Gasteiger partial charge in [0.1, 0.15) is 5.58 Å². The summed E-state index contributed by atoms with van der Waals surface area (Å²) >= 11 is 0. The molecular weight excluding hydrogens is 278 g/mol. The van der Waals surface area contributed by atoms with E-state index in [4.69, 9.17) is 9.15 Å². The molecule has 22 heavy (non-hydrogen) atoms. The molecule has 4 nitrogen and oxygen atoms in total. The fourth-order valence-corrected chi connectivity index (χ4v) is 2.54. The van der Waals surface area contributed by atoms with Gasteiger partial charge in [-0.05, 0) is 58.2 Å². The van der Waals surface area contributed by atoms with E-state index in [-0.39, 0.29) is 11.7 Å². The molecule has 0 atom stereocenters. The molecule has 0 radical (unpaired) electrons. The normalized spacial score (nSPS) is 11.2. The van der Waals surface area contributed by atoms with Crippen molar-refractivity contribution < 1.29 is 9.15 Å². The van der Waals surface area contributed by atoms with Crippen LogP contribution in [0.5, 0.6) is 5.75 Å². The summed E-state index contributed by atoms with van der Waals surface area (Å²) in [4.78, 5) is 12.0. The van der Waals surface area contributed by atoms with Gasteiger partial charge in [-0.2, -0.15) is 0 Å². The minimum Gasteiger partial charge on any atom is -0.491 e. The molecule has 0 spiro atoms. The number of nitrogens with one attached hydrogen (secondary N) is 1. The summed E-state index contributed by atoms with van der Waals surface area (Å²) in [5.41, 5.74) is 3.78. The van der Waals surface area contributed by atoms with E-state index in [9.17, 15) is 4.79 Å². The van der Waals surface area contributed by atoms with E-state index in [1.54, 1.807) is 6.92 Å². The Bertz CT molecular complexity index is 744. The van der Waals surface area contributed by atoms with E-state index in [2.05, 4.69) is 26.1 Å². The molecule has 0 bridgehead atoms. The van der Waals surface area contributed by atoms with Crippen LogP contribution in [-0.2, 0) is 0 Å². The lowest BCUT2D eigenvalue weighted by Crippen LogP contribution is -2.13. The fourth-order valence-electron chi connectivity index (χ4n) is 2.54. The first-order valence-electron chi connectivity index (χ1n) is 7.83. The van der Waals surface area contributed by atoms with Crippen LogP contribution in [0.3, 0.4) is 0 Å². The summed E-state index contributed by atoms with van der Waals surface area (Å²) < 4.78 is 11.5. The molecule has 120 valence electrons. The van der Waals surface area contributed by atoms with E-state index in [0.29, 0.717) is 17.8 Å². The Morgan fingerprint density at radius 3 is 2.50 bits per heavy atom. The average Bonchev–Trinajstić information content (AvgIpc) is 2.44. The van der Waals surface area contributed by atoms with Crippen LogP contribution in [0.25, 0.3) is 11.0 Å². The van der Waals surface area contributed by atoms with Gasteiger partial charge < -0.3 is 14.5 Å². The van der Waals surface area contributed by atoms with E-state index in [0.717, 1.165) is 34.4 Å². The minimum atomic E-state index is -0.279. The molecule has 2 rings (SSSR count). The van der Waals surface area contributed by atoms with Crippen molar-refractivity contribution in [1.29, 1.82) is 0 Å². The van der Waals surface area contributed by atoms with Gasteiger partial charge in [0, 0.05) is 11.6 Å². The van der Waals surface area contributed by atoms with Crippen molar-refractivity contribution in [3.63, 3.8) is 0 Å². The van der Waals surface area contributed by atoms with Gasteiger partial charge in [0.05, 0.1) is 17.7 Å². The van der Waals surface area contributed by atoms with Crippen molar-refractivity contribution in [2.24, 2.45) is 0 Å². The minimum absolute atomic E-state index is 0.279. The highest BCUT2D eigenvalue weighted by molar-refractivity contribution is 5.95. The van der Waals surface area contributed by atoms with Crippen molar-refractivity contribution >= 4 is 16.7 Å². The Balaban J connectivity index is 2.83. The lowest BCUT2D eigenvalue weighted by Gasteiger charge is -2.19. The summed E-state index contributed by atoms with van der Waals surface area (Å²) in [6, 6.07) is 2.28. The third kappa shape index (κ3) is 2.96. The zero-order valence-corrected chi connectivity index (χ0v) is 14.3. The predicted octanol–water partition coefficient (Wildman–Crippen LogP) is 4.33. The third-order valence-corrected chi connectivity index (χ3v) is 3.75. The van der Waals surface area contributed by atoms with Gasteiger partial charge in [-0.3, -0.25) is 0 Å². The van der Waals surface area contributed by atoms with E-state index < -0.39 is 0 Å². The molecule has 0 amide bonds. The van der Waals surface area contributed by atoms with Crippen LogP contribution in [0.15, 0.2) is 15.3 Å². The standard InChI is InChI=1S/C18H25NO3/c1-7-8-21-17-14(19-10(2)3)9-11(4)16-15(17)12(5)13(6)18(20)22-16/h9-10,19H,7-8H2,1-6H3. The lowest BCUT2D eigenvalue weighted by atomic mass is 10.0. The molecule has 4 heteroatoms. The number of anilines is 1. The second kappa shape index (κ2) is 6.42. The third-order valence-electron chi connectivity index (χ3n) is 3.75. The van der Waals surface area contributed by atoms with Gasteiger partial charge >= 0.3 is 5.63 Å². The first-order chi connectivity index (χ1) is 10.4. The molecular formula is C18H25NO3. The van der Waals surface area contributed by atoms with E-state index >= 15 is 0 Å². The summed E-state index contributed by atoms with van der Waals surface area (Å²) in [6.07, 6.45) is 0.922. The molecule has 2 aromatic rings. The van der Waals surface area contributed by atoms with Crippen molar-refractivity contribution in [1.82, 2.24) is 0 Å². The smallest absolute Gasteiger partial charge is 0.339 e. The Kier molecular flexibility index (Phi) is 4.79. The number of ether oxygens (including phenoxy) is 1. The van der Waals surface area contributed by atoms with Crippen LogP contribution < -0.4 is 15.7 Å². The Morgan fingerprint density at radius 2 is 1.91 bits per heavy atom. The molecule has 0 aliphatic heterocycles. The summed E-state index contributed by atoms with van der Waals surface area (Å²) in [5, 5.41) is 4.33. The monoisotopic (exact) mass is 303 g/mol. The molecule has 1 aromatic heterocycles. The maximum Gasteiger partial charge on any atom is 0.339 e. The van der Waals surface area contributed by atoms with Gasteiger partial charge in [-0.25, -0.2) is 4.79 Å². The number of aryl methyl sites for hydroxylation is 2. The molecule has 0 aliphatic rings. The molecule has 1 aromatic carbocycles. The summed E-state index contributed by atoms with van der Waals surface area (Å²) in [5.74, 6) is 0.778. The summed E-state index contributed by atoms with van der Waals surface area (Å²) in [7, 11) is 0. The van der Waals surface area contributed by atoms with Crippen molar-refractivity contribution in [2.75, 3.05) is 11.9 Å². The quantitative estimate of drug-likeness (QED) is 0.835. The van der Waals surface area contributed by atoms with Crippen LogP contribution >= 0.6 is 0 Å². The molecule has 0 unspecified atom stereocenters. The molecule has 1 heterocycles. The molecule has 0 aliphatic carbocycles. The molecule has 0 saturated carbocycles. The first kappa shape index (κ1) is 16.4. The van der Waals surface area contributed by atoms with Crippen LogP contribution in [-0.4, -0.2) is 12.6 Å². The predicted molar refractivity (Wildman–Crippen MR) is 91.2 cm³/mol. The number of hydrogen-bond donors (Lipinski definition) is 1. The van der Waals surface area contributed by atoms with Gasteiger partial charge in [0.15, 0.2) is 5.75 Å². The molecule has 1 N–H and O–H groups in total. The highest BCUT2D eigenvalue weighted by atomic mass is 16.5. The molecule has 0 saturated heterocycles. The largest absolute Gasteiger partial charge is 0.491 e. The number of benzene rings is 1. The van der Waals surface area contributed by atoms with Crippen LogP contribution in [0.2, 0.25) is 0 Å². The van der Waals surface area contributed by atoms with Gasteiger partial charge in [0.2, 0.25) is 0 Å². The second-order valence-corrected chi connectivity index (χ2v) is 6.06. The Morgan fingerprint density at radius 1 is 1.23 bits per heavy atom. The van der Waals surface area contributed by atoms with E-state index in [1.807, 2.05) is 19.9 Å². The first-order valence-corrected chi connectivity index (χ1v) is 7.83. The van der Waals surface area contributed by atoms with Crippen LogP contribution in [0.4, 0.5) is 5.69 Å². The van der Waals surface area contributed by atoms with Crippen molar-refractivity contribution in [2.45, 2.75) is 54.0 Å². The topological polar surface area (TPSA) is 51.5 Å². The van der Waals surface area contributed by atoms with Crippen LogP contribution in [0, 0.1) is 20.8 Å². The van der Waals surface area contributed by atoms with Gasteiger partial charge in [0.25, 0.3) is 0 Å². The zero-order chi connectivity index (χ0) is 16.4. The van der Waals surface area contributed by atoms with E-state index in [1.165, 1.54) is 0 Å². The number of hydrogen-bond acceptors (Lipinski definition) is 4. The Hall–Kier alpha value is -1.97. The maximum atomic E-state index is 12.0. The molecule has 0 fully saturated rings. The number of rotatable bonds is 5. The lowest BCUT2D eigenvalue weighted by molar-refractivity contribution is 0.321. The average molecular weight is 303 g/mol. The Labute approximate surface area is 131 Å². The zero-order valence-electron chi connectivity index (χ0n) is 14.3. The number of fused-ring (bicyclic) bond motifs is 1. The second-order valence-electron chi connectivity index (χ2n) is 6.06. The van der Waals surface area contributed by atoms with Crippen molar-refractivity contribution in [3.05, 3.63) is 33.2 Å². The maximum absolute atomic E-state index is 12.0. The van der Waals surface area contributed by atoms with Crippen molar-refractivity contribution in [3.8, 4) is 5.75 Å². The fraction of sp³-hybridized carbons (Fsp3) is 0.500. The highest BCUT2D eigenvalue weighted by Gasteiger charge is 2.19. The highest BCUT2D eigenvalue weighted by Crippen LogP contribution is 2.38. The SMILES string of the molecule is CCCOc1c(NC(C)C)cc(C)c2oc(=O)c(C)c(C)c12. The van der Waals surface area contributed by atoms with Gasteiger partial charge in [-0.15, -0.1) is 0 Å².